The Labute approximate surface area is 149 Å². The van der Waals surface area contributed by atoms with E-state index < -0.39 is 17.8 Å². The number of carbonyl (C=O) groups excluding carboxylic acids is 1. The zero-order chi connectivity index (χ0) is 18.7. The van der Waals surface area contributed by atoms with Crippen LogP contribution in [0.4, 0.5) is 23.7 Å². The number of urea groups is 1. The minimum Gasteiger partial charge on any atom is -0.367 e. The van der Waals surface area contributed by atoms with Crippen LogP contribution in [0.2, 0.25) is 0 Å². The van der Waals surface area contributed by atoms with Crippen LogP contribution in [0.15, 0.2) is 42.5 Å². The van der Waals surface area contributed by atoms with Crippen LogP contribution in [0.5, 0.6) is 0 Å². The quantitative estimate of drug-likeness (QED) is 0.867. The average Bonchev–Trinajstić information content (AvgIpc) is 2.59. The molecule has 1 aliphatic rings. The molecule has 26 heavy (non-hydrogen) atoms. The number of halogens is 3. The Morgan fingerprint density at radius 3 is 2.69 bits per heavy atom. The second kappa shape index (κ2) is 7.27. The van der Waals surface area contributed by atoms with Gasteiger partial charge in [-0.2, -0.15) is 13.2 Å². The minimum absolute atomic E-state index is 0.357. The van der Waals surface area contributed by atoms with Crippen molar-refractivity contribution in [1.82, 2.24) is 5.32 Å². The molecule has 2 amide bonds. The maximum Gasteiger partial charge on any atom is 0.416 e. The topological polar surface area (TPSA) is 58.4 Å². The normalized spacial score (nSPS) is 14.0. The van der Waals surface area contributed by atoms with Crippen molar-refractivity contribution in [3.8, 4) is 0 Å². The number of fused-ring (bicyclic) bond motifs is 1. The molecule has 3 N–H and O–H groups in total. The maximum atomic E-state index is 12.9. The molecule has 1 heterocycles. The van der Waals surface area contributed by atoms with Gasteiger partial charge in [-0.25, -0.2) is 4.79 Å². The van der Waals surface area contributed by atoms with Gasteiger partial charge in [-0.3, -0.25) is 0 Å². The third-order valence-electron chi connectivity index (χ3n) is 4.45. The van der Waals surface area contributed by atoms with Gasteiger partial charge in [-0.05, 0) is 47.7 Å². The van der Waals surface area contributed by atoms with E-state index in [4.69, 9.17) is 5.73 Å². The molecule has 2 aromatic carbocycles. The largest absolute Gasteiger partial charge is 0.416 e. The van der Waals surface area contributed by atoms with Crippen molar-refractivity contribution in [2.45, 2.75) is 32.1 Å². The fraction of sp³-hybridized carbons (Fsp3) is 0.316. The summed E-state index contributed by atoms with van der Waals surface area (Å²) in [5.74, 6) is 0. The van der Waals surface area contributed by atoms with Crippen LogP contribution < -0.4 is 16.0 Å². The van der Waals surface area contributed by atoms with E-state index in [1.165, 1.54) is 12.1 Å². The fourth-order valence-electron chi connectivity index (χ4n) is 3.26. The molecule has 0 aromatic heterocycles. The highest BCUT2D eigenvalue weighted by molar-refractivity contribution is 5.71. The highest BCUT2D eigenvalue weighted by Crippen LogP contribution is 2.32. The third kappa shape index (κ3) is 4.28. The Bertz CT molecular complexity index is 805. The molecule has 7 heteroatoms. The number of anilines is 1. The average molecular weight is 363 g/mol. The van der Waals surface area contributed by atoms with E-state index in [2.05, 4.69) is 10.2 Å². The van der Waals surface area contributed by atoms with E-state index in [1.807, 2.05) is 18.2 Å². The molecule has 0 atom stereocenters. The van der Waals surface area contributed by atoms with Crippen molar-refractivity contribution in [1.29, 1.82) is 0 Å². The zero-order valence-corrected chi connectivity index (χ0v) is 14.1. The molecule has 138 valence electrons. The van der Waals surface area contributed by atoms with Crippen LogP contribution in [0.25, 0.3) is 0 Å². The molecule has 0 unspecified atom stereocenters. The van der Waals surface area contributed by atoms with Gasteiger partial charge in [0.15, 0.2) is 0 Å². The van der Waals surface area contributed by atoms with Gasteiger partial charge in [0.25, 0.3) is 0 Å². The zero-order valence-electron chi connectivity index (χ0n) is 14.1. The minimum atomic E-state index is -4.34. The number of carbonyl (C=O) groups is 1. The summed E-state index contributed by atoms with van der Waals surface area (Å²) in [6.45, 7) is 1.58. The number of primary amides is 1. The molecule has 0 aliphatic carbocycles. The van der Waals surface area contributed by atoms with E-state index in [9.17, 15) is 18.0 Å². The number of rotatable bonds is 4. The summed E-state index contributed by atoms with van der Waals surface area (Å²) >= 11 is 0. The van der Waals surface area contributed by atoms with Gasteiger partial charge >= 0.3 is 12.2 Å². The lowest BCUT2D eigenvalue weighted by molar-refractivity contribution is -0.137. The molecule has 0 radical (unpaired) electrons. The fourth-order valence-corrected chi connectivity index (χ4v) is 3.26. The second-order valence-corrected chi connectivity index (χ2v) is 6.40. The molecule has 1 aliphatic heterocycles. The number of hydrogen-bond donors (Lipinski definition) is 2. The summed E-state index contributed by atoms with van der Waals surface area (Å²) in [5, 5.41) is 2.56. The second-order valence-electron chi connectivity index (χ2n) is 6.40. The number of nitrogens with one attached hydrogen (secondary N) is 1. The lowest BCUT2D eigenvalue weighted by Crippen LogP contribution is -2.30. The lowest BCUT2D eigenvalue weighted by Gasteiger charge is -2.32. The van der Waals surface area contributed by atoms with Crippen molar-refractivity contribution in [3.63, 3.8) is 0 Å². The number of nitrogens with two attached hydrogens (primary N) is 1. The van der Waals surface area contributed by atoms with Crippen molar-refractivity contribution >= 4 is 11.7 Å². The molecule has 2 aromatic rings. The summed E-state index contributed by atoms with van der Waals surface area (Å²) in [7, 11) is 0. The first-order valence-corrected chi connectivity index (χ1v) is 8.39. The van der Waals surface area contributed by atoms with Gasteiger partial charge in [0.05, 0.1) is 5.56 Å². The van der Waals surface area contributed by atoms with Gasteiger partial charge < -0.3 is 16.0 Å². The van der Waals surface area contributed by atoms with Crippen LogP contribution in [0.1, 0.15) is 28.7 Å². The Morgan fingerprint density at radius 2 is 1.96 bits per heavy atom. The van der Waals surface area contributed by atoms with Gasteiger partial charge in [0.2, 0.25) is 0 Å². The lowest BCUT2D eigenvalue weighted by atomic mass is 9.98. The highest BCUT2D eigenvalue weighted by atomic mass is 19.4. The molecular formula is C19H20F3N3O. The number of amides is 2. The molecule has 0 fully saturated rings. The smallest absolute Gasteiger partial charge is 0.367 e. The van der Waals surface area contributed by atoms with Crippen LogP contribution in [-0.2, 0) is 25.7 Å². The van der Waals surface area contributed by atoms with Gasteiger partial charge in [0.1, 0.15) is 0 Å². The van der Waals surface area contributed by atoms with E-state index in [1.54, 1.807) is 6.07 Å². The van der Waals surface area contributed by atoms with Crippen molar-refractivity contribution in [2.75, 3.05) is 11.4 Å². The monoisotopic (exact) mass is 363 g/mol. The summed E-state index contributed by atoms with van der Waals surface area (Å²) in [6, 6.07) is 10.8. The van der Waals surface area contributed by atoms with Crippen molar-refractivity contribution < 1.29 is 18.0 Å². The first kappa shape index (κ1) is 18.1. The molecule has 0 saturated carbocycles. The van der Waals surface area contributed by atoms with E-state index in [0.29, 0.717) is 18.7 Å². The number of benzene rings is 2. The summed E-state index contributed by atoms with van der Waals surface area (Å²) in [4.78, 5) is 12.9. The first-order valence-electron chi connectivity index (χ1n) is 8.39. The maximum absolute atomic E-state index is 12.9. The van der Waals surface area contributed by atoms with Crippen LogP contribution >= 0.6 is 0 Å². The molecule has 3 rings (SSSR count). The molecular weight excluding hydrogens is 343 g/mol. The summed E-state index contributed by atoms with van der Waals surface area (Å²) in [6.07, 6.45) is -2.50. The van der Waals surface area contributed by atoms with E-state index in [-0.39, 0.29) is 0 Å². The van der Waals surface area contributed by atoms with Gasteiger partial charge in [-0.1, -0.05) is 24.3 Å². The molecule has 0 saturated heterocycles. The van der Waals surface area contributed by atoms with Crippen molar-refractivity contribution in [3.05, 3.63) is 64.7 Å². The SMILES string of the molecule is NC(=O)NCc1ccc2c(c1)CCCN2Cc1cccc(C(F)(F)F)c1. The van der Waals surface area contributed by atoms with E-state index >= 15 is 0 Å². The Kier molecular flexibility index (Phi) is 5.06. The van der Waals surface area contributed by atoms with Crippen LogP contribution in [0, 0.1) is 0 Å². The first-order chi connectivity index (χ1) is 12.3. The Balaban J connectivity index is 1.78. The van der Waals surface area contributed by atoms with E-state index in [0.717, 1.165) is 42.3 Å². The molecule has 0 spiro atoms. The number of aryl methyl sites for hydroxylation is 1. The number of nitrogens with zero attached hydrogens (tertiary/aromatic N) is 1. The summed E-state index contributed by atoms with van der Waals surface area (Å²) in [5.41, 5.74) is 8.20. The predicted molar refractivity (Wildman–Crippen MR) is 93.7 cm³/mol. The predicted octanol–water partition coefficient (Wildman–Crippen LogP) is 3.83. The number of hydrogen-bond acceptors (Lipinski definition) is 2. The standard InChI is InChI=1S/C19H20F3N3O/c20-19(21,22)16-5-1-3-14(10-16)12-25-8-2-4-15-9-13(6-7-17(15)25)11-24-18(23)26/h1,3,5-7,9-10H,2,4,8,11-12H2,(H3,23,24,26). The van der Waals surface area contributed by atoms with Crippen molar-refractivity contribution in [2.24, 2.45) is 5.73 Å². The van der Waals surface area contributed by atoms with Gasteiger partial charge in [0, 0.05) is 25.3 Å². The van der Waals surface area contributed by atoms with Crippen LogP contribution in [0.3, 0.4) is 0 Å². The Morgan fingerprint density at radius 1 is 1.15 bits per heavy atom. The molecule has 0 bridgehead atoms. The number of alkyl halides is 3. The molecule has 4 nitrogen and oxygen atoms in total. The van der Waals surface area contributed by atoms with Gasteiger partial charge in [-0.15, -0.1) is 0 Å². The highest BCUT2D eigenvalue weighted by Gasteiger charge is 2.30. The third-order valence-corrected chi connectivity index (χ3v) is 4.45. The Hall–Kier alpha value is -2.70. The van der Waals surface area contributed by atoms with Crippen LogP contribution in [-0.4, -0.2) is 12.6 Å². The summed E-state index contributed by atoms with van der Waals surface area (Å²) < 4.78 is 38.7.